The van der Waals surface area contributed by atoms with E-state index in [1.54, 1.807) is 28.5 Å². The Kier molecular flexibility index (Phi) is 3.92. The molecule has 0 atom stereocenters. The molecular formula is C14H16N6S. The molecule has 0 unspecified atom stereocenters. The van der Waals surface area contributed by atoms with Crippen LogP contribution in [0.5, 0.6) is 0 Å². The zero-order chi connectivity index (χ0) is 14.7. The summed E-state index contributed by atoms with van der Waals surface area (Å²) >= 11 is 1.65. The van der Waals surface area contributed by atoms with E-state index in [9.17, 15) is 0 Å². The number of rotatable bonds is 5. The van der Waals surface area contributed by atoms with Crippen LogP contribution in [-0.4, -0.2) is 25.0 Å². The largest absolute Gasteiger partial charge is 0.363 e. The number of hydrogen-bond acceptors (Lipinski definition) is 6. The van der Waals surface area contributed by atoms with E-state index >= 15 is 0 Å². The molecule has 0 saturated heterocycles. The molecule has 7 heteroatoms. The van der Waals surface area contributed by atoms with E-state index in [2.05, 4.69) is 25.5 Å². The van der Waals surface area contributed by atoms with Gasteiger partial charge in [0, 0.05) is 0 Å². The Hall–Kier alpha value is -2.28. The van der Waals surface area contributed by atoms with E-state index in [0.717, 1.165) is 34.3 Å². The number of thiophene rings is 1. The van der Waals surface area contributed by atoms with Crippen LogP contribution >= 0.6 is 11.3 Å². The van der Waals surface area contributed by atoms with Crippen LogP contribution in [0.3, 0.4) is 0 Å². The van der Waals surface area contributed by atoms with Gasteiger partial charge in [-0.2, -0.15) is 15.0 Å². The van der Waals surface area contributed by atoms with Gasteiger partial charge >= 0.3 is 0 Å². The van der Waals surface area contributed by atoms with Gasteiger partial charge in [-0.15, -0.1) is 11.3 Å². The van der Waals surface area contributed by atoms with Gasteiger partial charge in [-0.3, -0.25) is 4.98 Å². The van der Waals surface area contributed by atoms with Gasteiger partial charge in [-0.25, -0.2) is 4.98 Å². The number of aryl methyl sites for hydroxylation is 2. The smallest absolute Gasteiger partial charge is 0.145 e. The lowest BCUT2D eigenvalue weighted by Gasteiger charge is -2.04. The van der Waals surface area contributed by atoms with Crippen LogP contribution in [0.4, 0.5) is 5.82 Å². The van der Waals surface area contributed by atoms with E-state index in [1.807, 2.05) is 31.4 Å². The molecule has 0 saturated carbocycles. The third kappa shape index (κ3) is 3.08. The van der Waals surface area contributed by atoms with Crippen molar-refractivity contribution >= 4 is 17.2 Å². The third-order valence-corrected chi connectivity index (χ3v) is 3.94. The standard InChI is InChI=1S/C14H16N6S/c1-3-20-18-10(2)11(19-20)8-16-14-9-15-7-12(17-14)13-5-4-6-21-13/h4-7,9H,3,8H2,1-2H3,(H,16,17). The maximum absolute atomic E-state index is 4.57. The lowest BCUT2D eigenvalue weighted by molar-refractivity contribution is 0.562. The van der Waals surface area contributed by atoms with Gasteiger partial charge in [-0.1, -0.05) is 6.07 Å². The molecule has 0 bridgehead atoms. The van der Waals surface area contributed by atoms with Crippen molar-refractivity contribution in [1.82, 2.24) is 25.0 Å². The molecule has 0 aliphatic heterocycles. The van der Waals surface area contributed by atoms with Crippen molar-refractivity contribution < 1.29 is 0 Å². The van der Waals surface area contributed by atoms with Crippen molar-refractivity contribution in [1.29, 1.82) is 0 Å². The molecule has 0 fully saturated rings. The zero-order valence-corrected chi connectivity index (χ0v) is 12.8. The van der Waals surface area contributed by atoms with Crippen molar-refractivity contribution in [2.24, 2.45) is 0 Å². The van der Waals surface area contributed by atoms with Crippen molar-refractivity contribution in [3.05, 3.63) is 41.3 Å². The lowest BCUT2D eigenvalue weighted by Crippen LogP contribution is -2.05. The van der Waals surface area contributed by atoms with Crippen LogP contribution in [-0.2, 0) is 13.1 Å². The third-order valence-electron chi connectivity index (χ3n) is 3.05. The minimum absolute atomic E-state index is 0.592. The van der Waals surface area contributed by atoms with E-state index in [-0.39, 0.29) is 0 Å². The summed E-state index contributed by atoms with van der Waals surface area (Å²) in [6.07, 6.45) is 3.49. The van der Waals surface area contributed by atoms with Gasteiger partial charge in [0.25, 0.3) is 0 Å². The number of anilines is 1. The number of nitrogens with one attached hydrogen (secondary N) is 1. The maximum atomic E-state index is 4.57. The number of hydrogen-bond donors (Lipinski definition) is 1. The quantitative estimate of drug-likeness (QED) is 0.784. The fourth-order valence-electron chi connectivity index (χ4n) is 1.94. The number of aromatic nitrogens is 5. The molecule has 0 aromatic carbocycles. The molecule has 0 spiro atoms. The average Bonchev–Trinajstić information content (AvgIpc) is 3.15. The predicted molar refractivity (Wildman–Crippen MR) is 83.1 cm³/mol. The Morgan fingerprint density at radius 3 is 2.90 bits per heavy atom. The van der Waals surface area contributed by atoms with E-state index in [0.29, 0.717) is 6.54 Å². The molecule has 0 aliphatic rings. The van der Waals surface area contributed by atoms with Gasteiger partial charge in [-0.05, 0) is 25.3 Å². The molecule has 0 amide bonds. The summed E-state index contributed by atoms with van der Waals surface area (Å²) in [6.45, 7) is 5.35. The van der Waals surface area contributed by atoms with Crippen LogP contribution < -0.4 is 5.32 Å². The van der Waals surface area contributed by atoms with Crippen LogP contribution in [0.2, 0.25) is 0 Å². The fraction of sp³-hybridized carbons (Fsp3) is 0.286. The highest BCUT2D eigenvalue weighted by Gasteiger charge is 2.07. The molecule has 21 heavy (non-hydrogen) atoms. The van der Waals surface area contributed by atoms with E-state index in [1.165, 1.54) is 0 Å². The van der Waals surface area contributed by atoms with Crippen molar-refractivity contribution in [3.63, 3.8) is 0 Å². The van der Waals surface area contributed by atoms with E-state index in [4.69, 9.17) is 0 Å². The van der Waals surface area contributed by atoms with Crippen molar-refractivity contribution in [3.8, 4) is 10.6 Å². The van der Waals surface area contributed by atoms with Gasteiger partial charge in [0.1, 0.15) is 17.2 Å². The molecular weight excluding hydrogens is 284 g/mol. The summed E-state index contributed by atoms with van der Waals surface area (Å²) < 4.78 is 0. The number of nitrogens with zero attached hydrogens (tertiary/aromatic N) is 5. The minimum atomic E-state index is 0.592. The molecule has 3 aromatic heterocycles. The minimum Gasteiger partial charge on any atom is -0.363 e. The summed E-state index contributed by atoms with van der Waals surface area (Å²) in [5, 5.41) is 14.0. The highest BCUT2D eigenvalue weighted by Crippen LogP contribution is 2.22. The normalized spacial score (nSPS) is 10.8. The molecule has 6 nitrogen and oxygen atoms in total. The Labute approximate surface area is 126 Å². The molecule has 3 aromatic rings. The van der Waals surface area contributed by atoms with Gasteiger partial charge in [0.05, 0.1) is 36.1 Å². The Bertz CT molecular complexity index is 719. The first-order chi connectivity index (χ1) is 10.3. The Morgan fingerprint density at radius 1 is 1.29 bits per heavy atom. The second-order valence-corrected chi connectivity index (χ2v) is 5.49. The summed E-state index contributed by atoms with van der Waals surface area (Å²) in [5.74, 6) is 0.742. The fourth-order valence-corrected chi connectivity index (χ4v) is 2.62. The van der Waals surface area contributed by atoms with Gasteiger partial charge in [0.2, 0.25) is 0 Å². The van der Waals surface area contributed by atoms with Gasteiger partial charge in [0.15, 0.2) is 0 Å². The summed E-state index contributed by atoms with van der Waals surface area (Å²) in [6, 6.07) is 4.05. The van der Waals surface area contributed by atoms with Crippen LogP contribution in [0, 0.1) is 6.92 Å². The maximum Gasteiger partial charge on any atom is 0.145 e. The first kappa shape index (κ1) is 13.7. The van der Waals surface area contributed by atoms with Crippen LogP contribution in [0.1, 0.15) is 18.3 Å². The van der Waals surface area contributed by atoms with Crippen molar-refractivity contribution in [2.75, 3.05) is 5.32 Å². The summed E-state index contributed by atoms with van der Waals surface area (Å²) in [5.41, 5.74) is 2.75. The summed E-state index contributed by atoms with van der Waals surface area (Å²) in [4.78, 5) is 11.6. The van der Waals surface area contributed by atoms with Crippen LogP contribution in [0.15, 0.2) is 29.9 Å². The van der Waals surface area contributed by atoms with Crippen molar-refractivity contribution in [2.45, 2.75) is 26.9 Å². The molecule has 3 rings (SSSR count). The molecule has 108 valence electrons. The SMILES string of the molecule is CCn1nc(C)c(CNc2cncc(-c3cccs3)n2)n1. The summed E-state index contributed by atoms with van der Waals surface area (Å²) in [7, 11) is 0. The molecule has 0 radical (unpaired) electrons. The highest BCUT2D eigenvalue weighted by molar-refractivity contribution is 7.13. The van der Waals surface area contributed by atoms with E-state index < -0.39 is 0 Å². The second-order valence-electron chi connectivity index (χ2n) is 4.54. The predicted octanol–water partition coefficient (Wildman–Crippen LogP) is 2.74. The van der Waals surface area contributed by atoms with Crippen LogP contribution in [0.25, 0.3) is 10.6 Å². The Balaban J connectivity index is 1.73. The second kappa shape index (κ2) is 6.01. The first-order valence-electron chi connectivity index (χ1n) is 6.76. The monoisotopic (exact) mass is 300 g/mol. The first-order valence-corrected chi connectivity index (χ1v) is 7.64. The molecule has 3 heterocycles. The lowest BCUT2D eigenvalue weighted by atomic mass is 10.3. The van der Waals surface area contributed by atoms with Gasteiger partial charge < -0.3 is 5.32 Å². The highest BCUT2D eigenvalue weighted by atomic mass is 32.1. The Morgan fingerprint density at radius 2 is 2.19 bits per heavy atom. The topological polar surface area (TPSA) is 68.5 Å². The average molecular weight is 300 g/mol. The molecule has 1 N–H and O–H groups in total. The zero-order valence-electron chi connectivity index (χ0n) is 11.9. The molecule has 0 aliphatic carbocycles.